The van der Waals surface area contributed by atoms with Gasteiger partial charge in [0.1, 0.15) is 11.5 Å². The number of anilines is 2. The number of halogens is 1. The average Bonchev–Trinajstić information content (AvgIpc) is 2.90. The Morgan fingerprint density at radius 2 is 1.76 bits per heavy atom. The van der Waals surface area contributed by atoms with Gasteiger partial charge in [0.2, 0.25) is 11.8 Å². The Balaban J connectivity index is 1.56. The van der Waals surface area contributed by atoms with Crippen molar-refractivity contribution in [2.45, 2.75) is 26.3 Å². The molecule has 11 heteroatoms. The third kappa shape index (κ3) is 6.56. The molecule has 0 saturated carbocycles. The fourth-order valence-corrected chi connectivity index (χ4v) is 3.50. The molecule has 37 heavy (non-hydrogen) atoms. The van der Waals surface area contributed by atoms with Crippen LogP contribution in [0.4, 0.5) is 11.6 Å². The van der Waals surface area contributed by atoms with Crippen molar-refractivity contribution in [2.75, 3.05) is 5.32 Å². The Bertz CT molecular complexity index is 1470. The number of ketones is 1. The second-order valence-corrected chi connectivity index (χ2v) is 8.50. The average molecular weight is 519 g/mol. The maximum Gasteiger partial charge on any atom is 0.269 e. The summed E-state index contributed by atoms with van der Waals surface area (Å²) in [7, 11) is 0. The molecule has 2 aromatic carbocycles. The lowest BCUT2D eigenvalue weighted by Gasteiger charge is -2.15. The lowest BCUT2D eigenvalue weighted by molar-refractivity contribution is -0.118. The van der Waals surface area contributed by atoms with E-state index in [0.717, 1.165) is 5.56 Å². The van der Waals surface area contributed by atoms with Gasteiger partial charge in [-0.1, -0.05) is 30.7 Å². The third-order valence-corrected chi connectivity index (χ3v) is 5.63. The number of hydrogen-bond donors (Lipinski definition) is 2. The van der Waals surface area contributed by atoms with E-state index >= 15 is 0 Å². The molecular formula is C26H23ClN6O4. The van der Waals surface area contributed by atoms with Crippen LogP contribution in [0.5, 0.6) is 11.6 Å². The number of carbonyl (C=O) groups is 2. The lowest BCUT2D eigenvalue weighted by atomic mass is 10.1. The number of rotatable bonds is 10. The number of ether oxygens (including phenoxy) is 1. The summed E-state index contributed by atoms with van der Waals surface area (Å²) in [5.41, 5.74) is 6.73. The van der Waals surface area contributed by atoms with Crippen molar-refractivity contribution in [1.82, 2.24) is 19.7 Å². The van der Waals surface area contributed by atoms with Crippen LogP contribution in [-0.4, -0.2) is 31.4 Å². The molecule has 10 nitrogen and oxygen atoms in total. The molecule has 0 unspecified atom stereocenters. The number of amides is 1. The van der Waals surface area contributed by atoms with E-state index in [1.165, 1.54) is 22.9 Å². The summed E-state index contributed by atoms with van der Waals surface area (Å²) in [5.74, 6) is 0.270. The molecule has 2 heterocycles. The SMILES string of the molecule is CCC(=O)Cc1cnc(Nc2ccc(Oc3ccc(C(N)=O)nn3)cc2)n(Cc2ccc(Cl)cc2)c1=O. The molecule has 0 aliphatic heterocycles. The van der Waals surface area contributed by atoms with Gasteiger partial charge in [0.15, 0.2) is 5.69 Å². The van der Waals surface area contributed by atoms with Gasteiger partial charge in [-0.2, -0.15) is 0 Å². The number of primary amides is 1. The van der Waals surface area contributed by atoms with Gasteiger partial charge >= 0.3 is 0 Å². The molecule has 0 aliphatic carbocycles. The van der Waals surface area contributed by atoms with Crippen LogP contribution in [0.3, 0.4) is 0 Å². The van der Waals surface area contributed by atoms with Crippen molar-refractivity contribution in [1.29, 1.82) is 0 Å². The van der Waals surface area contributed by atoms with Crippen molar-refractivity contribution >= 4 is 34.9 Å². The first-order chi connectivity index (χ1) is 17.8. The molecular weight excluding hydrogens is 496 g/mol. The normalized spacial score (nSPS) is 10.6. The monoisotopic (exact) mass is 518 g/mol. The summed E-state index contributed by atoms with van der Waals surface area (Å²) in [6.07, 6.45) is 1.80. The van der Waals surface area contributed by atoms with Gasteiger partial charge < -0.3 is 15.8 Å². The largest absolute Gasteiger partial charge is 0.438 e. The van der Waals surface area contributed by atoms with Crippen LogP contribution in [0.15, 0.2) is 71.7 Å². The first-order valence-electron chi connectivity index (χ1n) is 11.4. The van der Waals surface area contributed by atoms with Crippen LogP contribution < -0.4 is 21.3 Å². The number of nitrogens with zero attached hydrogens (tertiary/aromatic N) is 4. The number of nitrogens with two attached hydrogens (primary N) is 1. The standard InChI is InChI=1S/C26H23ClN6O4/c1-2-20(34)13-17-14-29-26(33(25(17)36)15-16-3-5-18(27)6-4-16)30-19-7-9-21(10-8-19)37-23-12-11-22(24(28)35)31-32-23/h3-12,14H,2,13,15H2,1H3,(H2,28,35)(H,29,30). The van der Waals surface area contributed by atoms with Crippen LogP contribution in [0, 0.1) is 0 Å². The Labute approximate surface area is 217 Å². The lowest BCUT2D eigenvalue weighted by Crippen LogP contribution is -2.28. The van der Waals surface area contributed by atoms with Crippen molar-refractivity contribution in [2.24, 2.45) is 5.73 Å². The number of aromatic nitrogens is 4. The molecule has 0 atom stereocenters. The molecule has 4 rings (SSSR count). The zero-order chi connectivity index (χ0) is 26.4. The molecule has 0 saturated heterocycles. The Morgan fingerprint density at radius 3 is 2.38 bits per heavy atom. The highest BCUT2D eigenvalue weighted by Crippen LogP contribution is 2.23. The second-order valence-electron chi connectivity index (χ2n) is 8.07. The number of nitrogens with one attached hydrogen (secondary N) is 1. The van der Waals surface area contributed by atoms with Gasteiger partial charge in [-0.15, -0.1) is 10.2 Å². The van der Waals surface area contributed by atoms with E-state index in [4.69, 9.17) is 22.1 Å². The third-order valence-electron chi connectivity index (χ3n) is 5.38. The van der Waals surface area contributed by atoms with Crippen LogP contribution in [0.25, 0.3) is 0 Å². The van der Waals surface area contributed by atoms with Gasteiger partial charge in [0.05, 0.1) is 6.54 Å². The van der Waals surface area contributed by atoms with Crippen LogP contribution in [0.1, 0.15) is 35.0 Å². The number of benzene rings is 2. The van der Waals surface area contributed by atoms with Gasteiger partial charge in [-0.05, 0) is 48.0 Å². The van der Waals surface area contributed by atoms with E-state index in [-0.39, 0.29) is 35.9 Å². The van der Waals surface area contributed by atoms with Crippen molar-refractivity contribution in [3.05, 3.63) is 99.1 Å². The number of Topliss-reactive ketones (excluding diaryl/α,β-unsaturated/α-hetero) is 1. The smallest absolute Gasteiger partial charge is 0.269 e. The number of hydrogen-bond acceptors (Lipinski definition) is 8. The zero-order valence-corrected chi connectivity index (χ0v) is 20.6. The van der Waals surface area contributed by atoms with Gasteiger partial charge in [-0.25, -0.2) is 4.98 Å². The highest BCUT2D eigenvalue weighted by molar-refractivity contribution is 6.30. The number of carbonyl (C=O) groups excluding carboxylic acids is 2. The predicted octanol–water partition coefficient (Wildman–Crippen LogP) is 3.89. The maximum atomic E-state index is 13.3. The first kappa shape index (κ1) is 25.5. The predicted molar refractivity (Wildman–Crippen MR) is 138 cm³/mol. The molecule has 188 valence electrons. The Hall–Kier alpha value is -4.57. The minimum absolute atomic E-state index is 0.0264. The first-order valence-corrected chi connectivity index (χ1v) is 11.7. The van der Waals surface area contributed by atoms with Crippen molar-refractivity contribution < 1.29 is 14.3 Å². The summed E-state index contributed by atoms with van der Waals surface area (Å²) in [4.78, 5) is 40.8. The molecule has 4 aromatic rings. The molecule has 0 radical (unpaired) electrons. The highest BCUT2D eigenvalue weighted by atomic mass is 35.5. The molecule has 3 N–H and O–H groups in total. The Kier molecular flexibility index (Phi) is 7.89. The topological polar surface area (TPSA) is 142 Å². The summed E-state index contributed by atoms with van der Waals surface area (Å²) in [6, 6.07) is 16.9. The van der Waals surface area contributed by atoms with E-state index in [0.29, 0.717) is 34.4 Å². The Morgan fingerprint density at radius 1 is 1.03 bits per heavy atom. The van der Waals surface area contributed by atoms with E-state index in [1.54, 1.807) is 43.3 Å². The van der Waals surface area contributed by atoms with Gasteiger partial charge in [0.25, 0.3) is 11.5 Å². The van der Waals surface area contributed by atoms with Crippen LogP contribution in [-0.2, 0) is 17.8 Å². The minimum atomic E-state index is -0.678. The second kappa shape index (κ2) is 11.4. The fraction of sp³-hybridized carbons (Fsp3) is 0.154. The summed E-state index contributed by atoms with van der Waals surface area (Å²) >= 11 is 6.00. The van der Waals surface area contributed by atoms with Crippen molar-refractivity contribution in [3.63, 3.8) is 0 Å². The maximum absolute atomic E-state index is 13.3. The highest BCUT2D eigenvalue weighted by Gasteiger charge is 2.14. The van der Waals surface area contributed by atoms with Gasteiger partial charge in [-0.3, -0.25) is 19.0 Å². The fourth-order valence-electron chi connectivity index (χ4n) is 3.37. The molecule has 0 spiro atoms. The van der Waals surface area contributed by atoms with E-state index in [1.807, 2.05) is 12.1 Å². The summed E-state index contributed by atoms with van der Waals surface area (Å²) < 4.78 is 7.13. The quantitative estimate of drug-likeness (QED) is 0.322. The van der Waals surface area contributed by atoms with Crippen LogP contribution in [0.2, 0.25) is 5.02 Å². The van der Waals surface area contributed by atoms with Crippen molar-refractivity contribution in [3.8, 4) is 11.6 Å². The van der Waals surface area contributed by atoms with E-state index in [9.17, 15) is 14.4 Å². The molecule has 1 amide bonds. The molecule has 0 fully saturated rings. The molecule has 0 aliphatic rings. The van der Waals surface area contributed by atoms with Gasteiger partial charge in [0, 0.05) is 41.4 Å². The zero-order valence-electron chi connectivity index (χ0n) is 19.8. The molecule has 0 bridgehead atoms. The summed E-state index contributed by atoms with van der Waals surface area (Å²) in [5, 5.41) is 11.3. The van der Waals surface area contributed by atoms with E-state index < -0.39 is 5.91 Å². The molecule has 2 aromatic heterocycles. The minimum Gasteiger partial charge on any atom is -0.438 e. The summed E-state index contributed by atoms with van der Waals surface area (Å²) in [6.45, 7) is 1.99. The van der Waals surface area contributed by atoms with E-state index in [2.05, 4.69) is 20.5 Å². The van der Waals surface area contributed by atoms with Crippen LogP contribution >= 0.6 is 11.6 Å².